The number of hydrogen-bond acceptors (Lipinski definition) is 3. The number of urea groups is 1. The molecule has 0 saturated carbocycles. The van der Waals surface area contributed by atoms with Gasteiger partial charge in [0.2, 0.25) is 0 Å². The number of anilines is 1. The topological polar surface area (TPSA) is 49.4 Å². The fourth-order valence-electron chi connectivity index (χ4n) is 3.37. The van der Waals surface area contributed by atoms with Crippen LogP contribution in [0.5, 0.6) is 0 Å². The van der Waals surface area contributed by atoms with E-state index in [-0.39, 0.29) is 5.91 Å². The van der Waals surface area contributed by atoms with Crippen LogP contribution in [0.15, 0.2) is 54.6 Å². The Morgan fingerprint density at radius 2 is 1.62 bits per heavy atom. The second-order valence-corrected chi connectivity index (χ2v) is 9.60. The number of benzene rings is 2. The third-order valence-corrected chi connectivity index (χ3v) is 6.45. The summed E-state index contributed by atoms with van der Waals surface area (Å²) in [5.74, 6) is -0.352. The molecule has 1 saturated heterocycles. The summed E-state index contributed by atoms with van der Waals surface area (Å²) in [5.41, 5.74) is 1.25. The van der Waals surface area contributed by atoms with E-state index in [1.807, 2.05) is 36.4 Å². The van der Waals surface area contributed by atoms with Crippen molar-refractivity contribution >= 4 is 63.8 Å². The molecule has 0 aliphatic carbocycles. The van der Waals surface area contributed by atoms with Gasteiger partial charge in [-0.1, -0.05) is 59.1 Å². The van der Waals surface area contributed by atoms with Gasteiger partial charge in [0.1, 0.15) is 5.54 Å². The van der Waals surface area contributed by atoms with Crippen LogP contribution in [0.1, 0.15) is 12.5 Å². The van der Waals surface area contributed by atoms with Crippen LogP contribution in [0.2, 0.25) is 14.4 Å². The largest absolute Gasteiger partial charge is 0.329 e. The molecule has 0 bridgehead atoms. The van der Waals surface area contributed by atoms with Gasteiger partial charge in [-0.3, -0.25) is 4.79 Å². The predicted octanol–water partition coefficient (Wildman–Crippen LogP) is 6.43. The lowest BCUT2D eigenvalue weighted by molar-refractivity contribution is -0.121. The number of halogens is 3. The van der Waals surface area contributed by atoms with E-state index in [9.17, 15) is 9.59 Å². The van der Waals surface area contributed by atoms with Crippen molar-refractivity contribution < 1.29 is 9.59 Å². The van der Waals surface area contributed by atoms with Crippen molar-refractivity contribution in [3.05, 3.63) is 74.5 Å². The lowest BCUT2D eigenvalue weighted by Crippen LogP contribution is -2.46. The molecule has 1 atom stereocenters. The number of nitrogens with one attached hydrogen (secondary N) is 1. The summed E-state index contributed by atoms with van der Waals surface area (Å²) in [6.45, 7) is 1.71. The molecule has 3 amide bonds. The minimum Gasteiger partial charge on any atom is -0.323 e. The van der Waals surface area contributed by atoms with Crippen LogP contribution in [0.3, 0.4) is 0 Å². The lowest BCUT2D eigenvalue weighted by Gasteiger charge is -2.22. The van der Waals surface area contributed by atoms with Gasteiger partial charge in [-0.05, 0) is 48.4 Å². The molecule has 2 aromatic carbocycles. The first kappa shape index (κ1) is 20.2. The van der Waals surface area contributed by atoms with Crippen LogP contribution >= 0.6 is 46.1 Å². The van der Waals surface area contributed by atoms with E-state index in [0.717, 1.165) is 25.2 Å². The number of rotatable bonds is 4. The Labute approximate surface area is 187 Å². The molecule has 1 unspecified atom stereocenters. The molecule has 29 heavy (non-hydrogen) atoms. The molecule has 1 aromatic heterocycles. The number of nitrogens with zero attached hydrogens (tertiary/aromatic N) is 1. The average Bonchev–Trinajstić information content (AvgIpc) is 3.16. The molecule has 1 N–H and O–H groups in total. The number of thiophene rings is 1. The zero-order valence-electron chi connectivity index (χ0n) is 15.2. The van der Waals surface area contributed by atoms with E-state index in [2.05, 4.69) is 5.32 Å². The Bertz CT molecular complexity index is 1090. The van der Waals surface area contributed by atoms with Crippen LogP contribution in [0.4, 0.5) is 10.5 Å². The highest BCUT2D eigenvalue weighted by Crippen LogP contribution is 2.33. The van der Waals surface area contributed by atoms with Crippen molar-refractivity contribution in [3.63, 3.8) is 0 Å². The maximum absolute atomic E-state index is 13.1. The Kier molecular flexibility index (Phi) is 5.34. The highest BCUT2D eigenvalue weighted by Gasteiger charge is 2.48. The van der Waals surface area contributed by atoms with E-state index < -0.39 is 11.6 Å². The maximum atomic E-state index is 13.1. The van der Waals surface area contributed by atoms with Gasteiger partial charge < -0.3 is 5.32 Å². The Balaban J connectivity index is 1.57. The van der Waals surface area contributed by atoms with E-state index in [1.165, 1.54) is 23.5 Å². The summed E-state index contributed by atoms with van der Waals surface area (Å²) in [6.07, 6.45) is 0.355. The first-order chi connectivity index (χ1) is 13.7. The SMILES string of the molecule is CC1(Cc2ccc(-c3ccc(Cl)s3)cc2)NC(=O)N(c2cc(Cl)cc(Cl)c2)C1=O. The van der Waals surface area contributed by atoms with Crippen molar-refractivity contribution in [2.45, 2.75) is 18.9 Å². The zero-order chi connectivity index (χ0) is 20.8. The van der Waals surface area contributed by atoms with Crippen LogP contribution < -0.4 is 10.2 Å². The van der Waals surface area contributed by atoms with E-state index >= 15 is 0 Å². The molecule has 148 valence electrons. The molecule has 4 nitrogen and oxygen atoms in total. The summed E-state index contributed by atoms with van der Waals surface area (Å²) >= 11 is 19.6. The average molecular weight is 466 g/mol. The van der Waals surface area contributed by atoms with Crippen molar-refractivity contribution in [3.8, 4) is 10.4 Å². The molecule has 4 rings (SSSR count). The Morgan fingerprint density at radius 1 is 0.966 bits per heavy atom. The van der Waals surface area contributed by atoms with Crippen LogP contribution in [-0.4, -0.2) is 17.5 Å². The molecule has 1 fully saturated rings. The Morgan fingerprint density at radius 3 is 2.21 bits per heavy atom. The monoisotopic (exact) mass is 464 g/mol. The van der Waals surface area contributed by atoms with Gasteiger partial charge in [-0.15, -0.1) is 11.3 Å². The molecular weight excluding hydrogens is 451 g/mol. The van der Waals surface area contributed by atoms with Crippen molar-refractivity contribution in [2.75, 3.05) is 4.90 Å². The van der Waals surface area contributed by atoms with Gasteiger partial charge in [-0.2, -0.15) is 0 Å². The number of carbonyl (C=O) groups is 2. The number of carbonyl (C=O) groups excluding carboxylic acids is 2. The number of imide groups is 1. The van der Waals surface area contributed by atoms with Crippen LogP contribution in [-0.2, 0) is 11.2 Å². The summed E-state index contributed by atoms with van der Waals surface area (Å²) in [6, 6.07) is 15.8. The minimum absolute atomic E-state index is 0.346. The van der Waals surface area contributed by atoms with Crippen molar-refractivity contribution in [2.24, 2.45) is 0 Å². The van der Waals surface area contributed by atoms with Crippen LogP contribution in [0, 0.1) is 0 Å². The third kappa shape index (κ3) is 4.01. The normalized spacial score (nSPS) is 19.0. The molecule has 2 heterocycles. The molecule has 1 aliphatic rings. The van der Waals surface area contributed by atoms with Gasteiger partial charge in [0.05, 0.1) is 10.0 Å². The molecule has 3 aromatic rings. The van der Waals surface area contributed by atoms with Crippen LogP contribution in [0.25, 0.3) is 10.4 Å². The van der Waals surface area contributed by atoms with Crippen molar-refractivity contribution in [1.29, 1.82) is 0 Å². The van der Waals surface area contributed by atoms with E-state index in [4.69, 9.17) is 34.8 Å². The van der Waals surface area contributed by atoms with Gasteiger partial charge in [0.25, 0.3) is 5.91 Å². The van der Waals surface area contributed by atoms with E-state index in [1.54, 1.807) is 13.0 Å². The first-order valence-electron chi connectivity index (χ1n) is 8.73. The third-order valence-electron chi connectivity index (χ3n) is 4.74. The smallest absolute Gasteiger partial charge is 0.323 e. The van der Waals surface area contributed by atoms with Gasteiger partial charge in [0.15, 0.2) is 0 Å². The van der Waals surface area contributed by atoms with Crippen molar-refractivity contribution in [1.82, 2.24) is 5.32 Å². The number of amides is 3. The maximum Gasteiger partial charge on any atom is 0.329 e. The predicted molar refractivity (Wildman–Crippen MR) is 119 cm³/mol. The minimum atomic E-state index is -1.07. The second-order valence-electron chi connectivity index (χ2n) is 7.01. The Hall–Kier alpha value is -2.05. The van der Waals surface area contributed by atoms with Gasteiger partial charge in [0, 0.05) is 21.3 Å². The quantitative estimate of drug-likeness (QED) is 0.451. The van der Waals surface area contributed by atoms with E-state index in [0.29, 0.717) is 22.2 Å². The molecule has 0 radical (unpaired) electrons. The molecule has 8 heteroatoms. The lowest BCUT2D eigenvalue weighted by atomic mass is 9.92. The fraction of sp³-hybridized carbons (Fsp3) is 0.143. The second kappa shape index (κ2) is 7.65. The summed E-state index contributed by atoms with van der Waals surface area (Å²) in [4.78, 5) is 27.8. The highest BCUT2D eigenvalue weighted by molar-refractivity contribution is 7.19. The first-order valence-corrected chi connectivity index (χ1v) is 10.7. The zero-order valence-corrected chi connectivity index (χ0v) is 18.3. The molecule has 1 aliphatic heterocycles. The fourth-order valence-corrected chi connectivity index (χ4v) is 4.93. The summed E-state index contributed by atoms with van der Waals surface area (Å²) in [7, 11) is 0. The standard InChI is InChI=1S/C21H15Cl3N2O2S/c1-21(11-12-2-4-13(5-3-12)17-6-7-18(24)29-17)19(27)26(20(28)25-21)16-9-14(22)8-15(23)10-16/h2-10H,11H2,1H3,(H,25,28). The highest BCUT2D eigenvalue weighted by atomic mass is 35.5. The van der Waals surface area contributed by atoms with Gasteiger partial charge >= 0.3 is 6.03 Å². The summed E-state index contributed by atoms with van der Waals surface area (Å²) < 4.78 is 0.733. The number of hydrogen-bond donors (Lipinski definition) is 1. The van der Waals surface area contributed by atoms with Gasteiger partial charge in [-0.25, -0.2) is 9.69 Å². The molecule has 0 spiro atoms. The summed E-state index contributed by atoms with van der Waals surface area (Å²) in [5, 5.41) is 3.51. The molecular formula is C21H15Cl3N2O2S.